The average molecular weight is 270 g/mol. The molecule has 3 aromatic rings. The number of tetrazole rings is 1. The summed E-state index contributed by atoms with van der Waals surface area (Å²) in [7, 11) is 0. The van der Waals surface area contributed by atoms with E-state index in [1.807, 2.05) is 6.07 Å². The number of ether oxygens (including phenoxy) is 1. The summed E-state index contributed by atoms with van der Waals surface area (Å²) < 4.78 is 10.8. The van der Waals surface area contributed by atoms with Crippen LogP contribution in [0.5, 0.6) is 5.75 Å². The molecule has 1 aromatic carbocycles. The van der Waals surface area contributed by atoms with Crippen molar-refractivity contribution in [3.8, 4) is 17.1 Å². The fourth-order valence-electron chi connectivity index (χ4n) is 1.81. The molecule has 0 aliphatic rings. The normalized spacial score (nSPS) is 10.6. The zero-order valence-corrected chi connectivity index (χ0v) is 10.4. The van der Waals surface area contributed by atoms with Crippen LogP contribution in [-0.4, -0.2) is 27.2 Å². The van der Waals surface area contributed by atoms with Crippen LogP contribution in [-0.2, 0) is 0 Å². The number of hydrogen-bond donors (Lipinski definition) is 1. The van der Waals surface area contributed by atoms with E-state index >= 15 is 0 Å². The summed E-state index contributed by atoms with van der Waals surface area (Å²) in [5.74, 6) is 0.678. The van der Waals surface area contributed by atoms with E-state index in [0.29, 0.717) is 23.3 Å². The van der Waals surface area contributed by atoms with Gasteiger partial charge in [0.1, 0.15) is 12.2 Å². The largest absolute Gasteiger partial charge is 0.486 e. The molecule has 100 valence electrons. The highest BCUT2D eigenvalue weighted by molar-refractivity contribution is 5.85. The summed E-state index contributed by atoms with van der Waals surface area (Å²) in [4.78, 5) is 12.0. The zero-order valence-electron chi connectivity index (χ0n) is 10.4. The van der Waals surface area contributed by atoms with Gasteiger partial charge < -0.3 is 9.15 Å². The lowest BCUT2D eigenvalue weighted by Crippen LogP contribution is -2.05. The van der Waals surface area contributed by atoms with E-state index in [2.05, 4.69) is 27.2 Å². The first-order chi connectivity index (χ1) is 9.79. The number of nitrogens with one attached hydrogen (secondary N) is 1. The van der Waals surface area contributed by atoms with Gasteiger partial charge in [-0.1, -0.05) is 24.8 Å². The molecule has 0 aliphatic carbocycles. The smallest absolute Gasteiger partial charge is 0.347 e. The highest BCUT2D eigenvalue weighted by atomic mass is 16.5. The summed E-state index contributed by atoms with van der Waals surface area (Å²) in [6.45, 7) is 3.91. The first-order valence-corrected chi connectivity index (χ1v) is 5.84. The number of para-hydroxylation sites is 1. The molecule has 0 spiro atoms. The van der Waals surface area contributed by atoms with Crippen molar-refractivity contribution in [3.05, 3.63) is 47.3 Å². The lowest BCUT2D eigenvalue weighted by atomic mass is 10.1. The Kier molecular flexibility index (Phi) is 3.00. The molecule has 0 aliphatic heterocycles. The molecule has 0 radical (unpaired) electrons. The summed E-state index contributed by atoms with van der Waals surface area (Å²) in [5.41, 5.74) is 0.0762. The molecule has 0 atom stereocenters. The van der Waals surface area contributed by atoms with Crippen molar-refractivity contribution in [2.24, 2.45) is 0 Å². The number of aromatic amines is 1. The third-order valence-electron chi connectivity index (χ3n) is 2.67. The van der Waals surface area contributed by atoms with E-state index in [-0.39, 0.29) is 11.4 Å². The molecule has 0 bridgehead atoms. The fourth-order valence-corrected chi connectivity index (χ4v) is 1.81. The van der Waals surface area contributed by atoms with Crippen LogP contribution in [0.1, 0.15) is 0 Å². The van der Waals surface area contributed by atoms with Gasteiger partial charge in [-0.3, -0.25) is 0 Å². The van der Waals surface area contributed by atoms with E-state index in [4.69, 9.17) is 9.15 Å². The number of aromatic nitrogens is 4. The molecule has 2 heterocycles. The zero-order chi connectivity index (χ0) is 13.9. The molecular formula is C13H10N4O3. The molecule has 2 aromatic heterocycles. The van der Waals surface area contributed by atoms with Gasteiger partial charge in [-0.25, -0.2) is 4.79 Å². The van der Waals surface area contributed by atoms with Crippen LogP contribution >= 0.6 is 0 Å². The molecule has 0 unspecified atom stereocenters. The lowest BCUT2D eigenvalue weighted by molar-refractivity contribution is 0.359. The second kappa shape index (κ2) is 4.96. The van der Waals surface area contributed by atoms with Crippen LogP contribution in [0.2, 0.25) is 0 Å². The number of hydrogen-bond acceptors (Lipinski definition) is 6. The van der Waals surface area contributed by atoms with Crippen molar-refractivity contribution >= 4 is 11.0 Å². The van der Waals surface area contributed by atoms with E-state index in [0.717, 1.165) is 0 Å². The van der Waals surface area contributed by atoms with Crippen LogP contribution in [0.25, 0.3) is 22.4 Å². The van der Waals surface area contributed by atoms with Crippen molar-refractivity contribution < 1.29 is 9.15 Å². The van der Waals surface area contributed by atoms with Crippen molar-refractivity contribution in [1.29, 1.82) is 0 Å². The van der Waals surface area contributed by atoms with Crippen LogP contribution in [0, 0.1) is 0 Å². The second-order valence-electron chi connectivity index (χ2n) is 3.96. The Balaban J connectivity index is 2.18. The molecule has 0 saturated carbocycles. The molecular weight excluding hydrogens is 260 g/mol. The number of benzene rings is 1. The van der Waals surface area contributed by atoms with Crippen LogP contribution < -0.4 is 10.4 Å². The fraction of sp³-hybridized carbons (Fsp3) is 0.0769. The van der Waals surface area contributed by atoms with Crippen LogP contribution in [0.15, 0.2) is 46.1 Å². The Hall–Kier alpha value is -2.96. The molecule has 0 fully saturated rings. The maximum atomic E-state index is 12.0. The molecule has 20 heavy (non-hydrogen) atoms. The van der Waals surface area contributed by atoms with Gasteiger partial charge in [-0.15, -0.1) is 10.2 Å². The minimum Gasteiger partial charge on any atom is -0.486 e. The van der Waals surface area contributed by atoms with Gasteiger partial charge in [-0.05, 0) is 17.3 Å². The SMILES string of the molecule is C=CCOc1cccc2cc(-c3nn[nH]n3)c(=O)oc12. The summed E-state index contributed by atoms with van der Waals surface area (Å²) in [6, 6.07) is 6.99. The van der Waals surface area contributed by atoms with Gasteiger partial charge in [0.25, 0.3) is 0 Å². The Morgan fingerprint density at radius 2 is 2.35 bits per heavy atom. The number of nitrogens with zero attached hydrogens (tertiary/aromatic N) is 3. The Bertz CT molecular complexity index is 808. The third kappa shape index (κ3) is 2.05. The average Bonchev–Trinajstić information content (AvgIpc) is 2.98. The van der Waals surface area contributed by atoms with Gasteiger partial charge in [0.05, 0.1) is 0 Å². The predicted octanol–water partition coefficient (Wildman–Crippen LogP) is 1.54. The number of fused-ring (bicyclic) bond motifs is 1. The maximum Gasteiger partial charge on any atom is 0.347 e. The van der Waals surface area contributed by atoms with Gasteiger partial charge in [0.2, 0.25) is 5.82 Å². The molecule has 0 saturated heterocycles. The van der Waals surface area contributed by atoms with Gasteiger partial charge in [-0.2, -0.15) is 5.21 Å². The Labute approximate surface area is 112 Å². The van der Waals surface area contributed by atoms with E-state index in [1.54, 1.807) is 24.3 Å². The van der Waals surface area contributed by atoms with Crippen molar-refractivity contribution in [3.63, 3.8) is 0 Å². The standard InChI is InChI=1S/C13H10N4O3/c1-2-6-19-10-5-3-4-8-7-9(12-14-16-17-15-12)13(18)20-11(8)10/h2-5,7H,1,6H2,(H,14,15,16,17). The van der Waals surface area contributed by atoms with E-state index in [1.165, 1.54) is 0 Å². The summed E-state index contributed by atoms with van der Waals surface area (Å²) in [5, 5.41) is 14.0. The van der Waals surface area contributed by atoms with Gasteiger partial charge in [0.15, 0.2) is 11.3 Å². The molecule has 7 nitrogen and oxygen atoms in total. The summed E-state index contributed by atoms with van der Waals surface area (Å²) in [6.07, 6.45) is 1.62. The first-order valence-electron chi connectivity index (χ1n) is 5.84. The molecule has 3 rings (SSSR count). The molecule has 7 heteroatoms. The number of H-pyrrole nitrogens is 1. The monoisotopic (exact) mass is 270 g/mol. The Morgan fingerprint density at radius 1 is 1.45 bits per heavy atom. The Morgan fingerprint density at radius 3 is 3.10 bits per heavy atom. The van der Waals surface area contributed by atoms with Crippen LogP contribution in [0.3, 0.4) is 0 Å². The highest BCUT2D eigenvalue weighted by Crippen LogP contribution is 2.26. The summed E-state index contributed by atoms with van der Waals surface area (Å²) >= 11 is 0. The third-order valence-corrected chi connectivity index (χ3v) is 2.67. The first kappa shape index (κ1) is 12.1. The van der Waals surface area contributed by atoms with E-state index < -0.39 is 5.63 Å². The molecule has 1 N–H and O–H groups in total. The number of rotatable bonds is 4. The van der Waals surface area contributed by atoms with Crippen LogP contribution in [0.4, 0.5) is 0 Å². The van der Waals surface area contributed by atoms with Crippen molar-refractivity contribution in [2.45, 2.75) is 0 Å². The minimum atomic E-state index is -0.548. The predicted molar refractivity (Wildman–Crippen MR) is 71.3 cm³/mol. The lowest BCUT2D eigenvalue weighted by Gasteiger charge is -2.06. The highest BCUT2D eigenvalue weighted by Gasteiger charge is 2.13. The topological polar surface area (TPSA) is 93.9 Å². The molecule has 0 amide bonds. The van der Waals surface area contributed by atoms with E-state index in [9.17, 15) is 4.79 Å². The van der Waals surface area contributed by atoms with Crippen molar-refractivity contribution in [1.82, 2.24) is 20.6 Å². The quantitative estimate of drug-likeness (QED) is 0.571. The van der Waals surface area contributed by atoms with Gasteiger partial charge in [0, 0.05) is 5.39 Å². The second-order valence-corrected chi connectivity index (χ2v) is 3.96. The maximum absolute atomic E-state index is 12.0. The minimum absolute atomic E-state index is 0.193. The van der Waals surface area contributed by atoms with Crippen molar-refractivity contribution in [2.75, 3.05) is 6.61 Å². The van der Waals surface area contributed by atoms with Gasteiger partial charge >= 0.3 is 5.63 Å².